The zero-order chi connectivity index (χ0) is 7.94. The van der Waals surface area contributed by atoms with Crippen LogP contribution in [0.1, 0.15) is 45.4 Å². The van der Waals surface area contributed by atoms with Crippen molar-refractivity contribution < 1.29 is 0 Å². The highest BCUT2D eigenvalue weighted by Crippen LogP contribution is 2.19. The fraction of sp³-hybridized carbons (Fsp3) is 1.00. The Bertz CT molecular complexity index is 80.9. The van der Waals surface area contributed by atoms with Crippen LogP contribution in [-0.4, -0.2) is 14.1 Å². The maximum atomic E-state index is 2.41. The molecule has 0 radical (unpaired) electrons. The second-order valence-electron chi connectivity index (χ2n) is 3.97. The molecule has 1 aliphatic rings. The minimum atomic E-state index is -0.208. The van der Waals surface area contributed by atoms with Gasteiger partial charge >= 0.3 is 0 Å². The lowest BCUT2D eigenvalue weighted by Gasteiger charge is -2.05. The van der Waals surface area contributed by atoms with Crippen LogP contribution in [0.4, 0.5) is 0 Å². The van der Waals surface area contributed by atoms with Crippen LogP contribution in [0.3, 0.4) is 0 Å². The van der Waals surface area contributed by atoms with Gasteiger partial charge in [-0.15, -0.1) is 0 Å². The van der Waals surface area contributed by atoms with Gasteiger partial charge in [0.1, 0.15) is 0 Å². The Morgan fingerprint density at radius 2 is 1.27 bits per heavy atom. The normalized spacial score (nSPS) is 22.1. The van der Waals surface area contributed by atoms with Gasteiger partial charge in [0.25, 0.3) is 14.1 Å². The summed E-state index contributed by atoms with van der Waals surface area (Å²) in [5, 5.41) is 4.85. The number of hydrogen-bond acceptors (Lipinski definition) is 0. The molecule has 0 aromatic carbocycles. The summed E-state index contributed by atoms with van der Waals surface area (Å²) in [4.78, 5) is 0. The van der Waals surface area contributed by atoms with E-state index < -0.39 is 0 Å². The van der Waals surface area contributed by atoms with Gasteiger partial charge in [-0.05, 0) is 0 Å². The standard InChI is InChI=1S/C8H16.C2H5.Al/c1-3-5-7-8-6-4-2;1-2;/h1-8H2;1H2,2H3;. The summed E-state index contributed by atoms with van der Waals surface area (Å²) in [7, 11) is 0. The maximum absolute atomic E-state index is 2.41. The van der Waals surface area contributed by atoms with Gasteiger partial charge in [-0.25, -0.2) is 0 Å². The third-order valence-corrected chi connectivity index (χ3v) is 6.66. The summed E-state index contributed by atoms with van der Waals surface area (Å²) in [6, 6.07) is 0. The zero-order valence-corrected chi connectivity index (χ0v) is 9.10. The van der Waals surface area contributed by atoms with Crippen molar-refractivity contribution >= 4 is 14.1 Å². The van der Waals surface area contributed by atoms with Gasteiger partial charge < -0.3 is 0 Å². The minimum Gasteiger partial charge on any atom is -0.0967 e. The lowest BCUT2D eigenvalue weighted by atomic mass is 10.1. The first-order valence-corrected chi connectivity index (χ1v) is 7.88. The first-order valence-electron chi connectivity index (χ1n) is 5.43. The average Bonchev–Trinajstić information content (AvgIpc) is 2.16. The van der Waals surface area contributed by atoms with E-state index in [1.807, 2.05) is 0 Å². The maximum Gasteiger partial charge on any atom is 0.261 e. The number of rotatable bonds is 1. The third kappa shape index (κ3) is 4.19. The van der Waals surface area contributed by atoms with Gasteiger partial charge in [-0.3, -0.25) is 0 Å². The van der Waals surface area contributed by atoms with Crippen LogP contribution < -0.4 is 0 Å². The van der Waals surface area contributed by atoms with Crippen molar-refractivity contribution in [2.75, 3.05) is 0 Å². The predicted molar refractivity (Wildman–Crippen MR) is 53.6 cm³/mol. The van der Waals surface area contributed by atoms with Gasteiger partial charge in [0.2, 0.25) is 0 Å². The lowest BCUT2D eigenvalue weighted by molar-refractivity contribution is 0.633. The zero-order valence-electron chi connectivity index (χ0n) is 7.94. The van der Waals surface area contributed by atoms with Crippen LogP contribution in [0.15, 0.2) is 0 Å². The molecule has 0 amide bonds. The van der Waals surface area contributed by atoms with Crippen molar-refractivity contribution in [1.29, 1.82) is 0 Å². The van der Waals surface area contributed by atoms with E-state index >= 15 is 0 Å². The minimum absolute atomic E-state index is 0.208. The van der Waals surface area contributed by atoms with Gasteiger partial charge in [0, 0.05) is 0 Å². The van der Waals surface area contributed by atoms with Gasteiger partial charge in [-0.1, -0.05) is 61.3 Å². The summed E-state index contributed by atoms with van der Waals surface area (Å²) in [5.74, 6) is 0. The van der Waals surface area contributed by atoms with Crippen LogP contribution in [0.25, 0.3) is 0 Å². The van der Waals surface area contributed by atoms with Crippen LogP contribution in [0, 0.1) is 0 Å². The summed E-state index contributed by atoms with van der Waals surface area (Å²) in [6.07, 6.45) is 9.22. The molecule has 0 N–H and O–H groups in total. The van der Waals surface area contributed by atoms with Crippen molar-refractivity contribution in [3.63, 3.8) is 0 Å². The monoisotopic (exact) mass is 168 g/mol. The average molecular weight is 168 g/mol. The summed E-state index contributed by atoms with van der Waals surface area (Å²) < 4.78 is 0. The fourth-order valence-corrected chi connectivity index (χ4v) is 4.96. The molecule has 1 saturated heterocycles. The van der Waals surface area contributed by atoms with E-state index in [-0.39, 0.29) is 14.1 Å². The molecular formula is C10H21Al. The molecule has 0 atom stereocenters. The Labute approximate surface area is 75.8 Å². The molecule has 1 aliphatic heterocycles. The van der Waals surface area contributed by atoms with Gasteiger partial charge in [0.05, 0.1) is 0 Å². The molecule has 1 fully saturated rings. The Morgan fingerprint density at radius 3 is 1.73 bits per heavy atom. The van der Waals surface area contributed by atoms with Crippen molar-refractivity contribution in [2.24, 2.45) is 0 Å². The molecule has 1 heterocycles. The van der Waals surface area contributed by atoms with Crippen LogP contribution in [-0.2, 0) is 0 Å². The second-order valence-corrected chi connectivity index (χ2v) is 7.68. The molecule has 1 heteroatoms. The molecule has 1 rings (SSSR count). The Hall–Kier alpha value is 0.532. The van der Waals surface area contributed by atoms with E-state index in [0.29, 0.717) is 0 Å². The van der Waals surface area contributed by atoms with Crippen LogP contribution in [0.2, 0.25) is 15.8 Å². The topological polar surface area (TPSA) is 0 Å². The van der Waals surface area contributed by atoms with E-state index in [2.05, 4.69) is 6.92 Å². The number of hydrogen-bond donors (Lipinski definition) is 0. The molecule has 0 bridgehead atoms. The van der Waals surface area contributed by atoms with E-state index in [1.165, 1.54) is 25.7 Å². The molecule has 0 aromatic heterocycles. The summed E-state index contributed by atoms with van der Waals surface area (Å²) in [5.41, 5.74) is 0. The highest BCUT2D eigenvalue weighted by atomic mass is 27.2. The molecule has 0 aromatic rings. The second kappa shape index (κ2) is 6.09. The predicted octanol–water partition coefficient (Wildman–Crippen LogP) is 3.86. The highest BCUT2D eigenvalue weighted by Gasteiger charge is 2.14. The van der Waals surface area contributed by atoms with E-state index in [1.54, 1.807) is 28.7 Å². The summed E-state index contributed by atoms with van der Waals surface area (Å²) >= 11 is -0.208. The Balaban J connectivity index is 2.19. The van der Waals surface area contributed by atoms with E-state index in [0.717, 1.165) is 0 Å². The van der Waals surface area contributed by atoms with E-state index in [4.69, 9.17) is 0 Å². The largest absolute Gasteiger partial charge is 0.261 e. The SMILES string of the molecule is C[CH2][Al]1[CH2]CCCCCC[CH2]1. The molecular weight excluding hydrogens is 147 g/mol. The smallest absolute Gasteiger partial charge is 0.0967 e. The molecule has 0 nitrogen and oxygen atoms in total. The first kappa shape index (κ1) is 9.62. The molecule has 0 saturated carbocycles. The van der Waals surface area contributed by atoms with E-state index in [9.17, 15) is 0 Å². The summed E-state index contributed by atoms with van der Waals surface area (Å²) in [6.45, 7) is 2.41. The Kier molecular flexibility index (Phi) is 5.33. The first-order chi connectivity index (χ1) is 5.43. The van der Waals surface area contributed by atoms with Crippen molar-refractivity contribution in [1.82, 2.24) is 0 Å². The fourth-order valence-electron chi connectivity index (χ4n) is 2.13. The van der Waals surface area contributed by atoms with Crippen LogP contribution >= 0.6 is 0 Å². The van der Waals surface area contributed by atoms with Crippen molar-refractivity contribution in [3.05, 3.63) is 0 Å². The molecule has 0 spiro atoms. The quantitative estimate of drug-likeness (QED) is 0.521. The molecule has 0 unspecified atom stereocenters. The molecule has 11 heavy (non-hydrogen) atoms. The van der Waals surface area contributed by atoms with Crippen molar-refractivity contribution in [3.8, 4) is 0 Å². The lowest BCUT2D eigenvalue weighted by Crippen LogP contribution is -2.09. The van der Waals surface area contributed by atoms with Gasteiger partial charge in [-0.2, -0.15) is 0 Å². The Morgan fingerprint density at radius 1 is 0.818 bits per heavy atom. The third-order valence-electron chi connectivity index (χ3n) is 3.05. The van der Waals surface area contributed by atoms with Gasteiger partial charge in [0.15, 0.2) is 0 Å². The van der Waals surface area contributed by atoms with Crippen molar-refractivity contribution in [2.45, 2.75) is 61.3 Å². The molecule has 0 aliphatic carbocycles. The van der Waals surface area contributed by atoms with Crippen LogP contribution in [0.5, 0.6) is 0 Å². The highest BCUT2D eigenvalue weighted by molar-refractivity contribution is 6.58. The molecule has 64 valence electrons.